The highest BCUT2D eigenvalue weighted by Crippen LogP contribution is 2.32. The molecule has 0 aromatic heterocycles. The third-order valence-corrected chi connectivity index (χ3v) is 2.24. The molecule has 5 heteroatoms. The molecule has 1 heterocycles. The molecular weight excluding hydrogens is 186 g/mol. The van der Waals surface area contributed by atoms with Crippen molar-refractivity contribution in [1.29, 1.82) is 0 Å². The van der Waals surface area contributed by atoms with Gasteiger partial charge in [0.05, 0.1) is 5.69 Å². The third kappa shape index (κ3) is 1.11. The lowest BCUT2D eigenvalue weighted by molar-refractivity contribution is -0.139. The van der Waals surface area contributed by atoms with E-state index in [1.165, 1.54) is 6.07 Å². The molecule has 74 valence electrons. The minimum atomic E-state index is -1.60. The first-order chi connectivity index (χ1) is 6.63. The van der Waals surface area contributed by atoms with Crippen molar-refractivity contribution >= 4 is 11.6 Å². The highest BCUT2D eigenvalue weighted by atomic mass is 16.5. The third-order valence-electron chi connectivity index (χ3n) is 2.24. The standard InChI is InChI=1S/C9H9NO4/c11-7-5-3-1-2-4-6(5)10(14)9(13)8(7)12/h1-4,7-8,11-12,14H. The van der Waals surface area contributed by atoms with E-state index in [1.807, 2.05) is 0 Å². The maximum atomic E-state index is 11.2. The van der Waals surface area contributed by atoms with Gasteiger partial charge in [-0.1, -0.05) is 18.2 Å². The van der Waals surface area contributed by atoms with Crippen LogP contribution in [0.25, 0.3) is 0 Å². The molecule has 1 aromatic carbocycles. The number of amides is 1. The minimum Gasteiger partial charge on any atom is -0.385 e. The second-order valence-corrected chi connectivity index (χ2v) is 3.10. The average Bonchev–Trinajstić information content (AvgIpc) is 2.23. The first-order valence-electron chi connectivity index (χ1n) is 4.11. The number of fused-ring (bicyclic) bond motifs is 1. The molecule has 0 fully saturated rings. The van der Waals surface area contributed by atoms with Gasteiger partial charge in [-0.2, -0.15) is 5.06 Å². The molecule has 1 aromatic rings. The highest BCUT2D eigenvalue weighted by molar-refractivity contribution is 5.97. The summed E-state index contributed by atoms with van der Waals surface area (Å²) >= 11 is 0. The average molecular weight is 195 g/mol. The molecule has 2 atom stereocenters. The lowest BCUT2D eigenvalue weighted by Gasteiger charge is -2.30. The predicted molar refractivity (Wildman–Crippen MR) is 46.7 cm³/mol. The summed E-state index contributed by atoms with van der Waals surface area (Å²) in [6.45, 7) is 0. The van der Waals surface area contributed by atoms with Crippen LogP contribution in [-0.2, 0) is 4.79 Å². The van der Waals surface area contributed by atoms with Gasteiger partial charge in [-0.05, 0) is 6.07 Å². The van der Waals surface area contributed by atoms with Gasteiger partial charge in [-0.25, -0.2) is 0 Å². The number of rotatable bonds is 0. The summed E-state index contributed by atoms with van der Waals surface area (Å²) in [5.41, 5.74) is 0.539. The van der Waals surface area contributed by atoms with Crippen LogP contribution in [0.2, 0.25) is 0 Å². The Morgan fingerprint density at radius 3 is 2.50 bits per heavy atom. The predicted octanol–water partition coefficient (Wildman–Crippen LogP) is -0.183. The number of hydrogen-bond donors (Lipinski definition) is 3. The maximum Gasteiger partial charge on any atom is 0.282 e. The zero-order valence-corrected chi connectivity index (χ0v) is 7.16. The highest BCUT2D eigenvalue weighted by Gasteiger charge is 2.37. The SMILES string of the molecule is O=C1C(O)C(O)c2ccccc2N1O. The van der Waals surface area contributed by atoms with Gasteiger partial charge in [0.2, 0.25) is 0 Å². The molecular formula is C9H9NO4. The lowest BCUT2D eigenvalue weighted by atomic mass is 9.97. The van der Waals surface area contributed by atoms with E-state index in [4.69, 9.17) is 0 Å². The van der Waals surface area contributed by atoms with Crippen LogP contribution in [0, 0.1) is 0 Å². The Labute approximate surface area is 79.8 Å². The number of carbonyl (C=O) groups excluding carboxylic acids is 1. The van der Waals surface area contributed by atoms with E-state index in [-0.39, 0.29) is 5.69 Å². The molecule has 0 saturated carbocycles. The summed E-state index contributed by atoms with van der Waals surface area (Å²) in [5.74, 6) is -0.920. The fourth-order valence-corrected chi connectivity index (χ4v) is 1.48. The molecule has 2 rings (SSSR count). The number of aliphatic hydroxyl groups is 2. The normalized spacial score (nSPS) is 26.2. The molecule has 14 heavy (non-hydrogen) atoms. The molecule has 1 aliphatic rings. The van der Waals surface area contributed by atoms with E-state index < -0.39 is 18.1 Å². The van der Waals surface area contributed by atoms with Crippen molar-refractivity contribution in [2.75, 3.05) is 5.06 Å². The number of aliphatic hydroxyl groups excluding tert-OH is 2. The number of nitrogens with zero attached hydrogens (tertiary/aromatic N) is 1. The Hall–Kier alpha value is -1.43. The second-order valence-electron chi connectivity index (χ2n) is 3.10. The van der Waals surface area contributed by atoms with Gasteiger partial charge in [-0.3, -0.25) is 10.0 Å². The second kappa shape index (κ2) is 3.06. The van der Waals surface area contributed by atoms with Crippen molar-refractivity contribution in [2.24, 2.45) is 0 Å². The molecule has 0 radical (unpaired) electrons. The Bertz CT molecular complexity index is 379. The molecule has 1 aliphatic heterocycles. The lowest BCUT2D eigenvalue weighted by Crippen LogP contribution is -2.44. The van der Waals surface area contributed by atoms with Crippen LogP contribution in [0.3, 0.4) is 0 Å². The van der Waals surface area contributed by atoms with Gasteiger partial charge in [0, 0.05) is 5.56 Å². The summed E-state index contributed by atoms with van der Waals surface area (Å²) in [4.78, 5) is 11.2. The molecule has 5 nitrogen and oxygen atoms in total. The number of anilines is 1. The summed E-state index contributed by atoms with van der Waals surface area (Å²) in [7, 11) is 0. The molecule has 0 aliphatic carbocycles. The molecule has 0 spiro atoms. The van der Waals surface area contributed by atoms with E-state index in [1.54, 1.807) is 18.2 Å². The van der Waals surface area contributed by atoms with E-state index >= 15 is 0 Å². The van der Waals surface area contributed by atoms with Crippen LogP contribution in [-0.4, -0.2) is 27.4 Å². The largest absolute Gasteiger partial charge is 0.385 e. The van der Waals surface area contributed by atoms with Gasteiger partial charge in [0.1, 0.15) is 6.10 Å². The summed E-state index contributed by atoms with van der Waals surface area (Å²) in [6.07, 6.45) is -2.88. The Kier molecular flexibility index (Phi) is 1.99. The fraction of sp³-hybridized carbons (Fsp3) is 0.222. The van der Waals surface area contributed by atoms with Crippen molar-refractivity contribution in [1.82, 2.24) is 0 Å². The van der Waals surface area contributed by atoms with Crippen molar-refractivity contribution in [3.8, 4) is 0 Å². The van der Waals surface area contributed by atoms with Crippen LogP contribution >= 0.6 is 0 Å². The number of para-hydroxylation sites is 1. The summed E-state index contributed by atoms with van der Waals surface area (Å²) < 4.78 is 0. The van der Waals surface area contributed by atoms with Crippen molar-refractivity contribution < 1.29 is 20.2 Å². The van der Waals surface area contributed by atoms with Crippen molar-refractivity contribution in [3.05, 3.63) is 29.8 Å². The van der Waals surface area contributed by atoms with Crippen LogP contribution in [0.4, 0.5) is 5.69 Å². The van der Waals surface area contributed by atoms with Crippen molar-refractivity contribution in [2.45, 2.75) is 12.2 Å². The first-order valence-corrected chi connectivity index (χ1v) is 4.11. The minimum absolute atomic E-state index is 0.204. The van der Waals surface area contributed by atoms with Gasteiger partial charge < -0.3 is 10.2 Å². The molecule has 2 unspecified atom stereocenters. The van der Waals surface area contributed by atoms with Gasteiger partial charge in [0.15, 0.2) is 6.10 Å². The summed E-state index contributed by atoms with van der Waals surface area (Å²) in [6, 6.07) is 6.30. The first kappa shape index (κ1) is 9.14. The Morgan fingerprint density at radius 1 is 1.14 bits per heavy atom. The Morgan fingerprint density at radius 2 is 1.79 bits per heavy atom. The fourth-order valence-electron chi connectivity index (χ4n) is 1.48. The number of hydrogen-bond acceptors (Lipinski definition) is 4. The van der Waals surface area contributed by atoms with Crippen LogP contribution in [0.15, 0.2) is 24.3 Å². The maximum absolute atomic E-state index is 11.2. The molecule has 1 amide bonds. The van der Waals surface area contributed by atoms with Gasteiger partial charge >= 0.3 is 0 Å². The monoisotopic (exact) mass is 195 g/mol. The number of hydroxylamine groups is 1. The molecule has 0 bridgehead atoms. The van der Waals surface area contributed by atoms with Crippen LogP contribution < -0.4 is 5.06 Å². The summed E-state index contributed by atoms with van der Waals surface area (Å²) in [5, 5.41) is 28.5. The van der Waals surface area contributed by atoms with Crippen molar-refractivity contribution in [3.63, 3.8) is 0 Å². The van der Waals surface area contributed by atoms with Gasteiger partial charge in [-0.15, -0.1) is 0 Å². The van der Waals surface area contributed by atoms with Crippen LogP contribution in [0.1, 0.15) is 11.7 Å². The van der Waals surface area contributed by atoms with E-state index in [9.17, 15) is 20.2 Å². The quantitative estimate of drug-likeness (QED) is 0.501. The van der Waals surface area contributed by atoms with Gasteiger partial charge in [0.25, 0.3) is 5.91 Å². The smallest absolute Gasteiger partial charge is 0.282 e. The molecule has 3 N–H and O–H groups in total. The number of carbonyl (C=O) groups is 1. The van der Waals surface area contributed by atoms with E-state index in [2.05, 4.69) is 0 Å². The zero-order valence-electron chi connectivity index (χ0n) is 7.16. The zero-order chi connectivity index (χ0) is 10.3. The number of benzene rings is 1. The van der Waals surface area contributed by atoms with Crippen LogP contribution in [0.5, 0.6) is 0 Å². The van der Waals surface area contributed by atoms with E-state index in [0.717, 1.165) is 0 Å². The Balaban J connectivity index is 2.56. The van der Waals surface area contributed by atoms with E-state index in [0.29, 0.717) is 10.6 Å². The molecule has 0 saturated heterocycles. The topological polar surface area (TPSA) is 81.0 Å².